The van der Waals surface area contributed by atoms with Crippen molar-refractivity contribution in [2.24, 2.45) is 0 Å². The van der Waals surface area contributed by atoms with Crippen LogP contribution in [0.2, 0.25) is 0 Å². The molecule has 0 amide bonds. The number of aromatic nitrogens is 2. The Morgan fingerprint density at radius 2 is 1.60 bits per heavy atom. The number of hydrogen-bond donors (Lipinski definition) is 1. The van der Waals surface area contributed by atoms with Crippen LogP contribution in [0.25, 0.3) is 11.0 Å². The number of nitrogens with one attached hydrogen (secondary N) is 1. The highest BCUT2D eigenvalue weighted by Crippen LogP contribution is 2.14. The van der Waals surface area contributed by atoms with Crippen LogP contribution >= 0.6 is 0 Å². The summed E-state index contributed by atoms with van der Waals surface area (Å²) < 4.78 is 0. The Labute approximate surface area is 92.7 Å². The molecule has 0 aliphatic rings. The summed E-state index contributed by atoms with van der Waals surface area (Å²) in [7, 11) is 0. The molecule has 2 rings (SSSR count). The van der Waals surface area contributed by atoms with Gasteiger partial charge in [-0.05, 0) is 25.5 Å². The van der Waals surface area contributed by atoms with Gasteiger partial charge in [-0.2, -0.15) is 0 Å². The third kappa shape index (κ3) is 3.39. The van der Waals surface area contributed by atoms with Crippen molar-refractivity contribution in [1.82, 2.24) is 9.97 Å². The van der Waals surface area contributed by atoms with E-state index in [1.54, 1.807) is 0 Å². The lowest BCUT2D eigenvalue weighted by Gasteiger charge is -1.90. The molecule has 0 saturated carbocycles. The van der Waals surface area contributed by atoms with Crippen LogP contribution < -0.4 is 0 Å². The number of benzene rings is 1. The third-order valence-corrected chi connectivity index (χ3v) is 1.83. The summed E-state index contributed by atoms with van der Waals surface area (Å²) in [5.41, 5.74) is 3.44. The molecule has 0 aliphatic heterocycles. The van der Waals surface area contributed by atoms with Crippen LogP contribution in [0.4, 0.5) is 0 Å². The van der Waals surface area contributed by atoms with Crippen LogP contribution in [0, 0.1) is 13.8 Å². The van der Waals surface area contributed by atoms with E-state index in [2.05, 4.69) is 23.0 Å². The summed E-state index contributed by atoms with van der Waals surface area (Å²) in [6.07, 6.45) is 0. The van der Waals surface area contributed by atoms with Crippen LogP contribution in [0.15, 0.2) is 18.2 Å². The van der Waals surface area contributed by atoms with Crippen molar-refractivity contribution in [1.29, 1.82) is 0 Å². The molecule has 84 valence electrons. The van der Waals surface area contributed by atoms with Crippen LogP contribution in [0.3, 0.4) is 0 Å². The Morgan fingerprint density at radius 1 is 1.00 bits per heavy atom. The van der Waals surface area contributed by atoms with Gasteiger partial charge in [-0.25, -0.2) is 4.98 Å². The first kappa shape index (κ1) is 13.7. The highest BCUT2D eigenvalue weighted by molar-refractivity contribution is 5.78. The largest absolute Gasteiger partial charge is 0.342 e. The van der Waals surface area contributed by atoms with E-state index in [1.807, 2.05) is 46.8 Å². The van der Waals surface area contributed by atoms with E-state index in [-0.39, 0.29) is 0 Å². The van der Waals surface area contributed by atoms with Gasteiger partial charge in [-0.1, -0.05) is 39.8 Å². The zero-order valence-electron chi connectivity index (χ0n) is 10.7. The first-order chi connectivity index (χ1) is 7.27. The van der Waals surface area contributed by atoms with Gasteiger partial charge in [0.1, 0.15) is 5.82 Å². The minimum atomic E-state index is 0.981. The first-order valence-corrected chi connectivity index (χ1v) is 5.69. The lowest BCUT2D eigenvalue weighted by atomic mass is 10.2. The molecule has 0 unspecified atom stereocenters. The lowest BCUT2D eigenvalue weighted by molar-refractivity contribution is 1.17. The molecule has 1 aromatic heterocycles. The van der Waals surface area contributed by atoms with E-state index >= 15 is 0 Å². The van der Waals surface area contributed by atoms with E-state index in [0.717, 1.165) is 16.9 Å². The molecule has 1 N–H and O–H groups in total. The minimum absolute atomic E-state index is 0.981. The molecule has 0 atom stereocenters. The number of H-pyrrole nitrogens is 1. The summed E-state index contributed by atoms with van der Waals surface area (Å²) in [4.78, 5) is 7.55. The van der Waals surface area contributed by atoms with Crippen molar-refractivity contribution in [3.05, 3.63) is 29.6 Å². The summed E-state index contributed by atoms with van der Waals surface area (Å²) >= 11 is 0. The minimum Gasteiger partial charge on any atom is -0.342 e. The molecular weight excluding hydrogens is 184 g/mol. The van der Waals surface area contributed by atoms with Crippen molar-refractivity contribution >= 4 is 11.0 Å². The molecule has 0 saturated heterocycles. The number of nitrogens with zero attached hydrogens (tertiary/aromatic N) is 1. The fraction of sp³-hybridized carbons (Fsp3) is 0.462. The van der Waals surface area contributed by atoms with Gasteiger partial charge >= 0.3 is 0 Å². The van der Waals surface area contributed by atoms with Gasteiger partial charge in [-0.15, -0.1) is 0 Å². The quantitative estimate of drug-likeness (QED) is 0.686. The maximum absolute atomic E-state index is 4.36. The van der Waals surface area contributed by atoms with Crippen LogP contribution in [0.1, 0.15) is 39.1 Å². The highest BCUT2D eigenvalue weighted by atomic mass is 14.9. The zero-order chi connectivity index (χ0) is 11.8. The number of aromatic amines is 1. The first-order valence-electron chi connectivity index (χ1n) is 5.69. The molecule has 0 aliphatic carbocycles. The fourth-order valence-corrected chi connectivity index (χ4v) is 1.30. The highest BCUT2D eigenvalue weighted by Gasteiger charge is 1.99. The summed E-state index contributed by atoms with van der Waals surface area (Å²) in [5.74, 6) is 0.981. The standard InChI is InChI=1S/C9H10N2.2C2H6/c1-6-4-3-5-8-9(6)11-7(2)10-8;2*1-2/h3-5H,1-2H3,(H,10,11);2*1-2H3. The third-order valence-electron chi connectivity index (χ3n) is 1.83. The molecule has 1 aromatic carbocycles. The van der Waals surface area contributed by atoms with Crippen molar-refractivity contribution < 1.29 is 0 Å². The van der Waals surface area contributed by atoms with Gasteiger partial charge in [0.2, 0.25) is 0 Å². The summed E-state index contributed by atoms with van der Waals surface area (Å²) in [5, 5.41) is 0. The Morgan fingerprint density at radius 3 is 2.13 bits per heavy atom. The average Bonchev–Trinajstić information content (AvgIpc) is 2.66. The van der Waals surface area contributed by atoms with Crippen LogP contribution in [-0.2, 0) is 0 Å². The van der Waals surface area contributed by atoms with Crippen LogP contribution in [0.5, 0.6) is 0 Å². The Hall–Kier alpha value is -1.31. The van der Waals surface area contributed by atoms with Gasteiger partial charge in [0, 0.05) is 0 Å². The SMILES string of the molecule is CC.CC.Cc1nc2c(C)cccc2[nH]1. The number of imidazole rings is 1. The van der Waals surface area contributed by atoms with E-state index in [1.165, 1.54) is 5.56 Å². The van der Waals surface area contributed by atoms with Crippen molar-refractivity contribution in [3.8, 4) is 0 Å². The van der Waals surface area contributed by atoms with Gasteiger partial charge in [-0.3, -0.25) is 0 Å². The molecular formula is C13H22N2. The molecule has 0 radical (unpaired) electrons. The fourth-order valence-electron chi connectivity index (χ4n) is 1.30. The molecule has 0 bridgehead atoms. The Bertz CT molecular complexity index is 388. The van der Waals surface area contributed by atoms with Gasteiger partial charge in [0.05, 0.1) is 11.0 Å². The number of fused-ring (bicyclic) bond motifs is 1. The Kier molecular flexibility index (Phi) is 6.43. The lowest BCUT2D eigenvalue weighted by Crippen LogP contribution is -1.74. The monoisotopic (exact) mass is 206 g/mol. The van der Waals surface area contributed by atoms with Crippen LogP contribution in [-0.4, -0.2) is 9.97 Å². The van der Waals surface area contributed by atoms with E-state index in [0.29, 0.717) is 0 Å². The summed E-state index contributed by atoms with van der Waals surface area (Å²) in [6.45, 7) is 12.0. The maximum atomic E-state index is 4.36. The topological polar surface area (TPSA) is 28.7 Å². The van der Waals surface area contributed by atoms with Gasteiger partial charge in [0.25, 0.3) is 0 Å². The maximum Gasteiger partial charge on any atom is 0.104 e. The second kappa shape index (κ2) is 7.04. The molecule has 1 heterocycles. The molecule has 2 heteroatoms. The van der Waals surface area contributed by atoms with Gasteiger partial charge < -0.3 is 4.98 Å². The molecule has 2 aromatic rings. The normalized spacial score (nSPS) is 8.67. The van der Waals surface area contributed by atoms with Gasteiger partial charge in [0.15, 0.2) is 0 Å². The number of hydrogen-bond acceptors (Lipinski definition) is 1. The number of rotatable bonds is 0. The molecule has 0 fully saturated rings. The van der Waals surface area contributed by atoms with Crippen molar-refractivity contribution in [3.63, 3.8) is 0 Å². The van der Waals surface area contributed by atoms with E-state index < -0.39 is 0 Å². The smallest absolute Gasteiger partial charge is 0.104 e. The molecule has 15 heavy (non-hydrogen) atoms. The number of para-hydroxylation sites is 1. The number of aryl methyl sites for hydroxylation is 2. The second-order valence-electron chi connectivity index (χ2n) is 2.79. The van der Waals surface area contributed by atoms with Crippen molar-refractivity contribution in [2.75, 3.05) is 0 Å². The molecule has 2 nitrogen and oxygen atoms in total. The Balaban J connectivity index is 0.000000442. The predicted octanol–water partition coefficient (Wildman–Crippen LogP) is 4.23. The van der Waals surface area contributed by atoms with E-state index in [4.69, 9.17) is 0 Å². The van der Waals surface area contributed by atoms with Crippen molar-refractivity contribution in [2.45, 2.75) is 41.5 Å². The molecule has 0 spiro atoms. The van der Waals surface area contributed by atoms with E-state index in [9.17, 15) is 0 Å². The second-order valence-corrected chi connectivity index (χ2v) is 2.79. The zero-order valence-corrected chi connectivity index (χ0v) is 10.7. The summed E-state index contributed by atoms with van der Waals surface area (Å²) in [6, 6.07) is 6.15. The average molecular weight is 206 g/mol. The predicted molar refractivity (Wildman–Crippen MR) is 68.3 cm³/mol.